The highest BCUT2D eigenvalue weighted by atomic mass is 32.2. The van der Waals surface area contributed by atoms with Gasteiger partial charge in [-0.2, -0.15) is 0 Å². The first-order chi connectivity index (χ1) is 9.44. The van der Waals surface area contributed by atoms with E-state index in [2.05, 4.69) is 15.3 Å². The summed E-state index contributed by atoms with van der Waals surface area (Å²) < 4.78 is 0. The van der Waals surface area contributed by atoms with Gasteiger partial charge in [-0.15, -0.1) is 0 Å². The first-order valence-corrected chi connectivity index (χ1v) is 7.62. The Morgan fingerprint density at radius 2 is 2.35 bits per heavy atom. The zero-order valence-electron chi connectivity index (χ0n) is 11.5. The van der Waals surface area contributed by atoms with Crippen LogP contribution in [0.4, 0.5) is 0 Å². The lowest BCUT2D eigenvalue weighted by Gasteiger charge is -2.32. The Morgan fingerprint density at radius 3 is 2.85 bits per heavy atom. The van der Waals surface area contributed by atoms with E-state index in [0.717, 1.165) is 12.8 Å². The van der Waals surface area contributed by atoms with Gasteiger partial charge in [-0.3, -0.25) is 14.9 Å². The molecule has 1 aromatic rings. The molecular formula is C13H19N3O3S. The van der Waals surface area contributed by atoms with Gasteiger partial charge < -0.3 is 10.1 Å². The van der Waals surface area contributed by atoms with E-state index in [1.807, 2.05) is 13.8 Å². The smallest absolute Gasteiger partial charge is 0.325 e. The van der Waals surface area contributed by atoms with Crippen molar-refractivity contribution < 1.29 is 9.90 Å². The zero-order valence-corrected chi connectivity index (χ0v) is 12.4. The maximum Gasteiger partial charge on any atom is 0.325 e. The summed E-state index contributed by atoms with van der Waals surface area (Å²) in [5.74, 6) is -0.345. The Morgan fingerprint density at radius 1 is 1.65 bits per heavy atom. The molecule has 7 heteroatoms. The highest BCUT2D eigenvalue weighted by Crippen LogP contribution is 2.42. The molecule has 0 spiro atoms. The molecule has 0 bridgehead atoms. The van der Waals surface area contributed by atoms with Crippen LogP contribution in [0.2, 0.25) is 0 Å². The van der Waals surface area contributed by atoms with Crippen LogP contribution >= 0.6 is 11.8 Å². The molecule has 3 N–H and O–H groups in total. The van der Waals surface area contributed by atoms with Gasteiger partial charge in [0.1, 0.15) is 5.54 Å². The largest absolute Gasteiger partial charge is 0.480 e. The fourth-order valence-electron chi connectivity index (χ4n) is 2.27. The van der Waals surface area contributed by atoms with E-state index in [9.17, 15) is 14.7 Å². The number of carbonyl (C=O) groups is 1. The van der Waals surface area contributed by atoms with Crippen molar-refractivity contribution in [3.63, 3.8) is 0 Å². The van der Waals surface area contributed by atoms with Crippen LogP contribution in [0.5, 0.6) is 0 Å². The number of aliphatic carboxylic acids is 1. The Labute approximate surface area is 121 Å². The minimum Gasteiger partial charge on any atom is -0.480 e. The first-order valence-electron chi connectivity index (χ1n) is 6.63. The third-order valence-corrected chi connectivity index (χ3v) is 4.37. The third-order valence-electron chi connectivity index (χ3n) is 3.29. The number of rotatable bonds is 7. The summed E-state index contributed by atoms with van der Waals surface area (Å²) in [5.41, 5.74) is -1.18. The second-order valence-electron chi connectivity index (χ2n) is 5.38. The summed E-state index contributed by atoms with van der Waals surface area (Å²) in [6.45, 7) is 3.88. The number of hydrogen-bond acceptors (Lipinski definition) is 5. The van der Waals surface area contributed by atoms with Crippen molar-refractivity contribution in [1.82, 2.24) is 15.3 Å². The van der Waals surface area contributed by atoms with Crippen molar-refractivity contribution >= 4 is 17.7 Å². The topological polar surface area (TPSA) is 95.1 Å². The number of aromatic nitrogens is 2. The summed E-state index contributed by atoms with van der Waals surface area (Å²) >= 11 is 1.27. The van der Waals surface area contributed by atoms with Crippen molar-refractivity contribution in [2.75, 3.05) is 5.75 Å². The van der Waals surface area contributed by atoms with Crippen molar-refractivity contribution in [1.29, 1.82) is 0 Å². The van der Waals surface area contributed by atoms with Gasteiger partial charge in [0, 0.05) is 24.1 Å². The Bertz CT molecular complexity index is 542. The monoisotopic (exact) mass is 297 g/mol. The van der Waals surface area contributed by atoms with Gasteiger partial charge in [-0.1, -0.05) is 11.8 Å². The minimum atomic E-state index is -0.951. The SMILES string of the molecule is CC(C)NC(CSc1nccc(=O)[nH]1)(C(=O)O)C1CC1. The van der Waals surface area contributed by atoms with Crippen LogP contribution in [-0.4, -0.2) is 38.4 Å². The van der Waals surface area contributed by atoms with Gasteiger partial charge in [0.2, 0.25) is 0 Å². The van der Waals surface area contributed by atoms with Crippen LogP contribution in [0, 0.1) is 5.92 Å². The Kier molecular flexibility index (Phi) is 4.49. The molecule has 0 amide bonds. The molecule has 0 aliphatic heterocycles. The second kappa shape index (κ2) is 5.97. The summed E-state index contributed by atoms with van der Waals surface area (Å²) in [5, 5.41) is 13.3. The summed E-state index contributed by atoms with van der Waals surface area (Å²) in [4.78, 5) is 29.6. The van der Waals surface area contributed by atoms with E-state index in [0.29, 0.717) is 10.9 Å². The van der Waals surface area contributed by atoms with Crippen LogP contribution < -0.4 is 10.9 Å². The number of carboxylic acids is 1. The number of hydrogen-bond donors (Lipinski definition) is 3. The van der Waals surface area contributed by atoms with E-state index >= 15 is 0 Å². The van der Waals surface area contributed by atoms with Gasteiger partial charge in [0.15, 0.2) is 5.16 Å². The lowest BCUT2D eigenvalue weighted by atomic mass is 9.94. The quantitative estimate of drug-likeness (QED) is 0.515. The number of nitrogens with one attached hydrogen (secondary N) is 2. The van der Waals surface area contributed by atoms with Crippen molar-refractivity contribution in [2.45, 2.75) is 43.4 Å². The van der Waals surface area contributed by atoms with Crippen LogP contribution in [0.25, 0.3) is 0 Å². The molecule has 20 heavy (non-hydrogen) atoms. The highest BCUT2D eigenvalue weighted by Gasteiger charge is 2.51. The Hall–Kier alpha value is -1.34. The molecule has 2 rings (SSSR count). The summed E-state index contributed by atoms with van der Waals surface area (Å²) in [6, 6.07) is 1.41. The van der Waals surface area contributed by atoms with E-state index in [1.165, 1.54) is 24.0 Å². The van der Waals surface area contributed by atoms with Gasteiger partial charge in [0.05, 0.1) is 0 Å². The fraction of sp³-hybridized carbons (Fsp3) is 0.615. The zero-order chi connectivity index (χ0) is 14.8. The van der Waals surface area contributed by atoms with Crippen LogP contribution in [0.15, 0.2) is 22.2 Å². The van der Waals surface area contributed by atoms with Crippen molar-refractivity contribution in [2.24, 2.45) is 5.92 Å². The molecule has 1 saturated carbocycles. The molecule has 1 aromatic heterocycles. The number of thioether (sulfide) groups is 1. The second-order valence-corrected chi connectivity index (χ2v) is 6.34. The molecule has 1 unspecified atom stereocenters. The predicted molar refractivity (Wildman–Crippen MR) is 76.9 cm³/mol. The minimum absolute atomic E-state index is 0.0788. The number of nitrogens with zero attached hydrogens (tertiary/aromatic N) is 1. The molecule has 1 atom stereocenters. The molecule has 1 fully saturated rings. The molecule has 1 aliphatic rings. The number of H-pyrrole nitrogens is 1. The van der Waals surface area contributed by atoms with Gasteiger partial charge in [0.25, 0.3) is 5.56 Å². The first kappa shape index (κ1) is 15.1. The lowest BCUT2D eigenvalue weighted by Crippen LogP contribution is -2.58. The van der Waals surface area contributed by atoms with Crippen LogP contribution in [0.1, 0.15) is 26.7 Å². The number of aromatic amines is 1. The van der Waals surface area contributed by atoms with Crippen molar-refractivity contribution in [3.05, 3.63) is 22.6 Å². The lowest BCUT2D eigenvalue weighted by molar-refractivity contribution is -0.145. The molecular weight excluding hydrogens is 278 g/mol. The van der Waals surface area contributed by atoms with Gasteiger partial charge >= 0.3 is 5.97 Å². The van der Waals surface area contributed by atoms with Crippen molar-refractivity contribution in [3.8, 4) is 0 Å². The summed E-state index contributed by atoms with van der Waals surface area (Å²) in [6.07, 6.45) is 3.27. The molecule has 6 nitrogen and oxygen atoms in total. The molecule has 1 aliphatic carbocycles. The number of carboxylic acid groups (broad SMARTS) is 1. The van der Waals surface area contributed by atoms with E-state index in [-0.39, 0.29) is 17.5 Å². The van der Waals surface area contributed by atoms with Gasteiger partial charge in [-0.05, 0) is 32.6 Å². The predicted octanol–water partition coefficient (Wildman–Crippen LogP) is 1.09. The fourth-order valence-corrected chi connectivity index (χ4v) is 3.39. The summed E-state index contributed by atoms with van der Waals surface area (Å²) in [7, 11) is 0. The maximum atomic E-state index is 11.8. The van der Waals surface area contributed by atoms with E-state index in [1.54, 1.807) is 0 Å². The molecule has 0 saturated heterocycles. The van der Waals surface area contributed by atoms with E-state index < -0.39 is 11.5 Å². The average molecular weight is 297 g/mol. The molecule has 0 radical (unpaired) electrons. The van der Waals surface area contributed by atoms with E-state index in [4.69, 9.17) is 0 Å². The average Bonchev–Trinajstić information content (AvgIpc) is 3.18. The third kappa shape index (κ3) is 3.40. The molecule has 110 valence electrons. The normalized spacial score (nSPS) is 17.9. The van der Waals surface area contributed by atoms with Crippen LogP contribution in [0.3, 0.4) is 0 Å². The molecule has 1 heterocycles. The van der Waals surface area contributed by atoms with Gasteiger partial charge in [-0.25, -0.2) is 4.98 Å². The van der Waals surface area contributed by atoms with Crippen LogP contribution in [-0.2, 0) is 4.79 Å². The maximum absolute atomic E-state index is 11.8. The highest BCUT2D eigenvalue weighted by molar-refractivity contribution is 7.99. The molecule has 0 aromatic carbocycles. The Balaban J connectivity index is 2.15. The standard InChI is InChI=1S/C13H19N3O3S/c1-8(2)16-13(11(18)19,9-3-4-9)7-20-12-14-6-5-10(17)15-12/h5-6,8-9,16H,3-4,7H2,1-2H3,(H,18,19)(H,14,15,17).